The lowest BCUT2D eigenvalue weighted by Gasteiger charge is -2.08. The van der Waals surface area contributed by atoms with Crippen molar-refractivity contribution in [1.29, 1.82) is 0 Å². The second-order valence-electron chi connectivity index (χ2n) is 4.20. The Morgan fingerprint density at radius 2 is 1.89 bits per heavy atom. The van der Waals surface area contributed by atoms with Crippen LogP contribution in [0.25, 0.3) is 0 Å². The van der Waals surface area contributed by atoms with Crippen molar-refractivity contribution in [3.05, 3.63) is 65.0 Å². The molecule has 18 heavy (non-hydrogen) atoms. The third-order valence-electron chi connectivity index (χ3n) is 2.61. The first-order valence-electron chi connectivity index (χ1n) is 5.53. The van der Waals surface area contributed by atoms with E-state index in [9.17, 15) is 13.2 Å². The van der Waals surface area contributed by atoms with Crippen LogP contribution in [0.1, 0.15) is 22.4 Å². The lowest BCUT2D eigenvalue weighted by atomic mass is 10.1. The van der Waals surface area contributed by atoms with Gasteiger partial charge in [-0.2, -0.15) is 13.2 Å². The molecule has 0 aliphatic rings. The SMILES string of the molecule is Cc1cccc(Cc2cc(C(F)(F)F)ccn2)c1. The summed E-state index contributed by atoms with van der Waals surface area (Å²) < 4.78 is 37.6. The maximum atomic E-state index is 12.5. The van der Waals surface area contributed by atoms with Gasteiger partial charge >= 0.3 is 6.18 Å². The highest BCUT2D eigenvalue weighted by atomic mass is 19.4. The van der Waals surface area contributed by atoms with Crippen molar-refractivity contribution in [2.24, 2.45) is 0 Å². The number of pyridine rings is 1. The molecule has 0 aliphatic carbocycles. The number of nitrogens with zero attached hydrogens (tertiary/aromatic N) is 1. The first-order valence-corrected chi connectivity index (χ1v) is 5.53. The molecule has 0 amide bonds. The summed E-state index contributed by atoms with van der Waals surface area (Å²) >= 11 is 0. The standard InChI is InChI=1S/C14H12F3N/c1-10-3-2-4-11(7-10)8-13-9-12(5-6-18-13)14(15,16)17/h2-7,9H,8H2,1H3. The highest BCUT2D eigenvalue weighted by molar-refractivity contribution is 5.28. The van der Waals surface area contributed by atoms with Gasteiger partial charge in [0, 0.05) is 18.3 Å². The van der Waals surface area contributed by atoms with Crippen LogP contribution in [-0.2, 0) is 12.6 Å². The molecule has 1 nitrogen and oxygen atoms in total. The van der Waals surface area contributed by atoms with Gasteiger partial charge in [-0.25, -0.2) is 0 Å². The molecule has 2 rings (SSSR count). The fourth-order valence-electron chi connectivity index (χ4n) is 1.78. The summed E-state index contributed by atoms with van der Waals surface area (Å²) in [5.41, 5.74) is 1.82. The molecule has 0 atom stereocenters. The monoisotopic (exact) mass is 251 g/mol. The third kappa shape index (κ3) is 3.09. The molecule has 0 fully saturated rings. The summed E-state index contributed by atoms with van der Waals surface area (Å²) in [6.45, 7) is 1.95. The van der Waals surface area contributed by atoms with Crippen LogP contribution >= 0.6 is 0 Å². The highest BCUT2D eigenvalue weighted by Crippen LogP contribution is 2.29. The van der Waals surface area contributed by atoms with Crippen molar-refractivity contribution >= 4 is 0 Å². The van der Waals surface area contributed by atoms with Crippen molar-refractivity contribution < 1.29 is 13.2 Å². The van der Waals surface area contributed by atoms with Crippen LogP contribution in [0.3, 0.4) is 0 Å². The Morgan fingerprint density at radius 1 is 1.11 bits per heavy atom. The molecule has 1 aromatic heterocycles. The van der Waals surface area contributed by atoms with Gasteiger partial charge in [0.05, 0.1) is 5.56 Å². The zero-order chi connectivity index (χ0) is 13.2. The number of hydrogen-bond acceptors (Lipinski definition) is 1. The molecule has 2 aromatic rings. The molecule has 0 N–H and O–H groups in total. The van der Waals surface area contributed by atoms with E-state index >= 15 is 0 Å². The lowest BCUT2D eigenvalue weighted by molar-refractivity contribution is -0.137. The van der Waals surface area contributed by atoms with E-state index in [-0.39, 0.29) is 0 Å². The number of halogens is 3. The van der Waals surface area contributed by atoms with E-state index in [4.69, 9.17) is 0 Å². The van der Waals surface area contributed by atoms with E-state index in [0.29, 0.717) is 12.1 Å². The maximum absolute atomic E-state index is 12.5. The van der Waals surface area contributed by atoms with Gasteiger partial charge in [0.25, 0.3) is 0 Å². The summed E-state index contributed by atoms with van der Waals surface area (Å²) in [5.74, 6) is 0. The molecule has 1 aromatic carbocycles. The predicted molar refractivity (Wildman–Crippen MR) is 63.2 cm³/mol. The minimum absolute atomic E-state index is 0.408. The Balaban J connectivity index is 2.25. The zero-order valence-electron chi connectivity index (χ0n) is 9.83. The van der Waals surface area contributed by atoms with Crippen molar-refractivity contribution in [2.75, 3.05) is 0 Å². The minimum atomic E-state index is -4.32. The third-order valence-corrected chi connectivity index (χ3v) is 2.61. The molecule has 4 heteroatoms. The Hall–Kier alpha value is -1.84. The van der Waals surface area contributed by atoms with Gasteiger partial charge in [-0.3, -0.25) is 4.98 Å². The molecule has 0 spiro atoms. The van der Waals surface area contributed by atoms with Gasteiger partial charge in [0.1, 0.15) is 0 Å². The summed E-state index contributed by atoms with van der Waals surface area (Å²) in [6, 6.07) is 9.75. The van der Waals surface area contributed by atoms with E-state index in [1.165, 1.54) is 6.20 Å². The van der Waals surface area contributed by atoms with Crippen LogP contribution in [0.5, 0.6) is 0 Å². The van der Waals surface area contributed by atoms with Gasteiger partial charge in [-0.1, -0.05) is 29.8 Å². The second kappa shape index (κ2) is 4.80. The van der Waals surface area contributed by atoms with E-state index in [1.807, 2.05) is 31.2 Å². The van der Waals surface area contributed by atoms with Crippen LogP contribution < -0.4 is 0 Å². The largest absolute Gasteiger partial charge is 0.416 e. The number of hydrogen-bond donors (Lipinski definition) is 0. The van der Waals surface area contributed by atoms with E-state index in [1.54, 1.807) is 0 Å². The Morgan fingerprint density at radius 3 is 2.56 bits per heavy atom. The predicted octanol–water partition coefficient (Wildman–Crippen LogP) is 4.00. The quantitative estimate of drug-likeness (QED) is 0.786. The second-order valence-corrected chi connectivity index (χ2v) is 4.20. The molecule has 0 unspecified atom stereocenters. The van der Waals surface area contributed by atoms with Crippen LogP contribution in [-0.4, -0.2) is 4.98 Å². The number of alkyl halides is 3. The summed E-state index contributed by atoms with van der Waals surface area (Å²) in [6.07, 6.45) is -2.70. The number of aryl methyl sites for hydroxylation is 1. The number of rotatable bonds is 2. The van der Waals surface area contributed by atoms with Gasteiger partial charge in [-0.05, 0) is 24.6 Å². The van der Waals surface area contributed by atoms with Gasteiger partial charge < -0.3 is 0 Å². The first-order chi connectivity index (χ1) is 8.45. The molecule has 1 heterocycles. The topological polar surface area (TPSA) is 12.9 Å². The fourth-order valence-corrected chi connectivity index (χ4v) is 1.78. The highest BCUT2D eigenvalue weighted by Gasteiger charge is 2.30. The van der Waals surface area contributed by atoms with Gasteiger partial charge in [0.2, 0.25) is 0 Å². The maximum Gasteiger partial charge on any atom is 0.416 e. The smallest absolute Gasteiger partial charge is 0.261 e. The number of aromatic nitrogens is 1. The van der Waals surface area contributed by atoms with Crippen LogP contribution in [0, 0.1) is 6.92 Å². The lowest BCUT2D eigenvalue weighted by Crippen LogP contribution is -2.06. The summed E-state index contributed by atoms with van der Waals surface area (Å²) in [4.78, 5) is 3.98. The molecule has 94 valence electrons. The van der Waals surface area contributed by atoms with Gasteiger partial charge in [0.15, 0.2) is 0 Å². The molecule has 0 saturated carbocycles. The van der Waals surface area contributed by atoms with E-state index < -0.39 is 11.7 Å². The molecular weight excluding hydrogens is 239 g/mol. The van der Waals surface area contributed by atoms with Crippen LogP contribution in [0.15, 0.2) is 42.6 Å². The normalized spacial score (nSPS) is 11.6. The van der Waals surface area contributed by atoms with Crippen molar-refractivity contribution in [3.63, 3.8) is 0 Å². The van der Waals surface area contributed by atoms with Crippen LogP contribution in [0.4, 0.5) is 13.2 Å². The van der Waals surface area contributed by atoms with Gasteiger partial charge in [-0.15, -0.1) is 0 Å². The first kappa shape index (κ1) is 12.6. The van der Waals surface area contributed by atoms with Crippen LogP contribution in [0.2, 0.25) is 0 Å². The molecular formula is C14H12F3N. The summed E-state index contributed by atoms with van der Waals surface area (Å²) in [7, 11) is 0. The molecule has 0 saturated heterocycles. The van der Waals surface area contributed by atoms with E-state index in [0.717, 1.165) is 23.3 Å². The Labute approximate surface area is 103 Å². The minimum Gasteiger partial charge on any atom is -0.261 e. The van der Waals surface area contributed by atoms with Crippen molar-refractivity contribution in [3.8, 4) is 0 Å². The fraction of sp³-hybridized carbons (Fsp3) is 0.214. The van der Waals surface area contributed by atoms with Crippen molar-refractivity contribution in [1.82, 2.24) is 4.98 Å². The van der Waals surface area contributed by atoms with Crippen molar-refractivity contribution in [2.45, 2.75) is 19.5 Å². The zero-order valence-corrected chi connectivity index (χ0v) is 9.83. The van der Waals surface area contributed by atoms with E-state index in [2.05, 4.69) is 4.98 Å². The number of benzene rings is 1. The molecule has 0 aliphatic heterocycles. The Bertz CT molecular complexity index is 547. The average Bonchev–Trinajstić information content (AvgIpc) is 2.28. The Kier molecular flexibility index (Phi) is 3.36. The summed E-state index contributed by atoms with van der Waals surface area (Å²) in [5, 5.41) is 0. The molecule has 0 bridgehead atoms. The average molecular weight is 251 g/mol. The molecule has 0 radical (unpaired) electrons.